The van der Waals surface area contributed by atoms with Crippen LogP contribution >= 0.6 is 0 Å². The number of pyridine rings is 1. The summed E-state index contributed by atoms with van der Waals surface area (Å²) in [5.74, 6) is -2.24. The average Bonchev–Trinajstić information content (AvgIpc) is 3.25. The molecule has 10 heteroatoms. The lowest BCUT2D eigenvalue weighted by atomic mass is 9.91. The van der Waals surface area contributed by atoms with Crippen molar-refractivity contribution < 1.29 is 8.78 Å². The van der Waals surface area contributed by atoms with Crippen molar-refractivity contribution in [1.29, 1.82) is 0 Å². The number of rotatable bonds is 6. The zero-order chi connectivity index (χ0) is 21.3. The summed E-state index contributed by atoms with van der Waals surface area (Å²) in [6, 6.07) is 1.78. The minimum absolute atomic E-state index is 0.0874. The highest BCUT2D eigenvalue weighted by molar-refractivity contribution is 5.87. The zero-order valence-corrected chi connectivity index (χ0v) is 17.0. The Labute approximate surface area is 172 Å². The summed E-state index contributed by atoms with van der Waals surface area (Å²) in [6.45, 7) is 0.622. The highest BCUT2D eigenvalue weighted by Gasteiger charge is 2.26. The molecule has 0 amide bonds. The monoisotopic (exact) mass is 417 g/mol. The molecular formula is C20H25F2N7O. The van der Waals surface area contributed by atoms with Gasteiger partial charge in [0.15, 0.2) is 0 Å². The van der Waals surface area contributed by atoms with Crippen molar-refractivity contribution >= 4 is 16.7 Å². The molecule has 1 fully saturated rings. The van der Waals surface area contributed by atoms with Crippen LogP contribution < -0.4 is 16.2 Å². The molecule has 0 spiro atoms. The predicted octanol–water partition coefficient (Wildman–Crippen LogP) is 2.48. The van der Waals surface area contributed by atoms with Gasteiger partial charge in [0.25, 0.3) is 11.5 Å². The van der Waals surface area contributed by atoms with E-state index in [9.17, 15) is 13.6 Å². The topological polar surface area (TPSA) is 89.7 Å². The number of aromatic nitrogens is 5. The Hall–Kier alpha value is -2.88. The lowest BCUT2D eigenvalue weighted by Crippen LogP contribution is -2.41. The molecule has 0 bridgehead atoms. The first-order chi connectivity index (χ1) is 14.3. The van der Waals surface area contributed by atoms with E-state index < -0.39 is 5.92 Å². The first kappa shape index (κ1) is 20.4. The second-order valence-corrected chi connectivity index (χ2v) is 7.97. The fraction of sp³-hybridized carbons (Fsp3) is 0.500. The van der Waals surface area contributed by atoms with Crippen LogP contribution in [0.3, 0.4) is 0 Å². The normalized spacial score (nSPS) is 19.9. The summed E-state index contributed by atoms with van der Waals surface area (Å²) in [5.41, 5.74) is 1.80. The fourth-order valence-electron chi connectivity index (χ4n) is 3.81. The van der Waals surface area contributed by atoms with Crippen molar-refractivity contribution in [2.75, 3.05) is 11.9 Å². The zero-order valence-electron chi connectivity index (χ0n) is 17.0. The van der Waals surface area contributed by atoms with E-state index in [1.54, 1.807) is 42.6 Å². The maximum atomic E-state index is 13.1. The predicted molar refractivity (Wildman–Crippen MR) is 110 cm³/mol. The molecule has 30 heavy (non-hydrogen) atoms. The van der Waals surface area contributed by atoms with E-state index in [0.29, 0.717) is 22.7 Å². The Morgan fingerprint density at radius 2 is 1.97 bits per heavy atom. The number of aryl methyl sites for hydroxylation is 1. The van der Waals surface area contributed by atoms with Crippen LogP contribution in [0.2, 0.25) is 0 Å². The molecule has 1 aliphatic carbocycles. The standard InChI is InChI=1S/C20H25F2N7O/c1-20(21,22)11-25-13-3-5-14(6-4-13)26-15-9-17(30)28(2)16-10-24-19(27-18(15)16)29-8-7-23-12-29/h7-10,12-14,25-26H,3-6,11H2,1-2H3. The van der Waals surface area contributed by atoms with Crippen molar-refractivity contribution in [3.8, 4) is 5.95 Å². The third-order valence-electron chi connectivity index (χ3n) is 5.49. The number of fused-ring (bicyclic) bond motifs is 1. The van der Waals surface area contributed by atoms with E-state index in [1.807, 2.05) is 0 Å². The molecule has 0 saturated heterocycles. The van der Waals surface area contributed by atoms with Gasteiger partial charge in [-0.05, 0) is 25.7 Å². The van der Waals surface area contributed by atoms with Crippen molar-refractivity contribution in [2.24, 2.45) is 7.05 Å². The third kappa shape index (κ3) is 4.48. The maximum absolute atomic E-state index is 13.1. The molecule has 1 saturated carbocycles. The second kappa shape index (κ2) is 8.10. The number of imidazole rings is 1. The minimum Gasteiger partial charge on any atom is -0.380 e. The number of hydrogen-bond donors (Lipinski definition) is 2. The molecule has 0 radical (unpaired) electrons. The van der Waals surface area contributed by atoms with Gasteiger partial charge in [0.2, 0.25) is 5.95 Å². The van der Waals surface area contributed by atoms with Gasteiger partial charge in [-0.25, -0.2) is 23.7 Å². The number of hydrogen-bond acceptors (Lipinski definition) is 6. The summed E-state index contributed by atoms with van der Waals surface area (Å²) in [5, 5.41) is 6.41. The van der Waals surface area contributed by atoms with Crippen LogP contribution in [0.5, 0.6) is 0 Å². The Morgan fingerprint density at radius 1 is 1.23 bits per heavy atom. The van der Waals surface area contributed by atoms with E-state index in [-0.39, 0.29) is 24.2 Å². The first-order valence-electron chi connectivity index (χ1n) is 10.0. The molecule has 4 rings (SSSR count). The number of nitrogens with one attached hydrogen (secondary N) is 2. The van der Waals surface area contributed by atoms with Crippen molar-refractivity contribution in [3.63, 3.8) is 0 Å². The lowest BCUT2D eigenvalue weighted by molar-refractivity contribution is 0.0186. The number of halogens is 2. The highest BCUT2D eigenvalue weighted by atomic mass is 19.3. The summed E-state index contributed by atoms with van der Waals surface area (Å²) in [4.78, 5) is 25.4. The van der Waals surface area contributed by atoms with Gasteiger partial charge in [0.1, 0.15) is 11.8 Å². The van der Waals surface area contributed by atoms with Crippen molar-refractivity contribution in [1.82, 2.24) is 29.4 Å². The molecule has 0 aromatic carbocycles. The Kier molecular flexibility index (Phi) is 5.50. The SMILES string of the molecule is Cn1c(=O)cc(NC2CCC(NCC(C)(F)F)CC2)c2nc(-n3ccnc3)ncc21. The summed E-state index contributed by atoms with van der Waals surface area (Å²) in [7, 11) is 1.69. The molecular weight excluding hydrogens is 392 g/mol. The maximum Gasteiger partial charge on any atom is 0.257 e. The van der Waals surface area contributed by atoms with Crippen LogP contribution in [-0.2, 0) is 7.05 Å². The average molecular weight is 417 g/mol. The summed E-state index contributed by atoms with van der Waals surface area (Å²) in [6.07, 6.45) is 9.89. The van der Waals surface area contributed by atoms with Gasteiger partial charge in [-0.2, -0.15) is 0 Å². The molecule has 3 aromatic rings. The van der Waals surface area contributed by atoms with Gasteiger partial charge < -0.3 is 15.2 Å². The van der Waals surface area contributed by atoms with E-state index >= 15 is 0 Å². The van der Waals surface area contributed by atoms with Gasteiger partial charge in [0.05, 0.1) is 23.9 Å². The molecule has 3 aromatic heterocycles. The van der Waals surface area contributed by atoms with Crippen LogP contribution in [-0.4, -0.2) is 48.6 Å². The smallest absolute Gasteiger partial charge is 0.257 e. The van der Waals surface area contributed by atoms with Crippen LogP contribution in [0.4, 0.5) is 14.5 Å². The molecule has 2 N–H and O–H groups in total. The largest absolute Gasteiger partial charge is 0.380 e. The summed E-state index contributed by atoms with van der Waals surface area (Å²) < 4.78 is 29.4. The molecule has 160 valence electrons. The number of anilines is 1. The quantitative estimate of drug-likeness (QED) is 0.641. The summed E-state index contributed by atoms with van der Waals surface area (Å²) >= 11 is 0. The lowest BCUT2D eigenvalue weighted by Gasteiger charge is -2.31. The molecule has 0 aliphatic heterocycles. The van der Waals surface area contributed by atoms with Crippen LogP contribution in [0.25, 0.3) is 17.0 Å². The third-order valence-corrected chi connectivity index (χ3v) is 5.49. The van der Waals surface area contributed by atoms with E-state index in [2.05, 4.69) is 25.6 Å². The van der Waals surface area contributed by atoms with E-state index in [0.717, 1.165) is 32.6 Å². The van der Waals surface area contributed by atoms with E-state index in [1.165, 1.54) is 4.57 Å². The first-order valence-corrected chi connectivity index (χ1v) is 10.0. The van der Waals surface area contributed by atoms with Gasteiger partial charge in [0, 0.05) is 44.5 Å². The Balaban J connectivity index is 1.53. The molecule has 3 heterocycles. The van der Waals surface area contributed by atoms with E-state index in [4.69, 9.17) is 0 Å². The van der Waals surface area contributed by atoms with Crippen molar-refractivity contribution in [3.05, 3.63) is 41.3 Å². The van der Waals surface area contributed by atoms with Crippen LogP contribution in [0.15, 0.2) is 35.8 Å². The van der Waals surface area contributed by atoms with Gasteiger partial charge in [-0.1, -0.05) is 0 Å². The van der Waals surface area contributed by atoms with Gasteiger partial charge in [-0.15, -0.1) is 0 Å². The molecule has 0 unspecified atom stereocenters. The number of alkyl halides is 2. The number of nitrogens with zero attached hydrogens (tertiary/aromatic N) is 5. The molecule has 1 aliphatic rings. The van der Waals surface area contributed by atoms with Crippen LogP contribution in [0.1, 0.15) is 32.6 Å². The fourth-order valence-corrected chi connectivity index (χ4v) is 3.81. The molecule has 0 atom stereocenters. The second-order valence-electron chi connectivity index (χ2n) is 7.97. The Bertz CT molecular complexity index is 1070. The van der Waals surface area contributed by atoms with Crippen molar-refractivity contribution in [2.45, 2.75) is 50.6 Å². The minimum atomic E-state index is -2.70. The van der Waals surface area contributed by atoms with Gasteiger partial charge >= 0.3 is 0 Å². The highest BCUT2D eigenvalue weighted by Crippen LogP contribution is 2.26. The van der Waals surface area contributed by atoms with Gasteiger partial charge in [-0.3, -0.25) is 9.36 Å². The van der Waals surface area contributed by atoms with Crippen LogP contribution in [0, 0.1) is 0 Å². The Morgan fingerprint density at radius 3 is 2.63 bits per heavy atom. The molecule has 8 nitrogen and oxygen atoms in total.